The molecule has 0 saturated carbocycles. The third-order valence-corrected chi connectivity index (χ3v) is 6.25. The molecule has 198 valence electrons. The van der Waals surface area contributed by atoms with Gasteiger partial charge in [-0.15, -0.1) is 0 Å². The highest BCUT2D eigenvalue weighted by Crippen LogP contribution is 2.39. The number of nitrogens with zero attached hydrogens (tertiary/aromatic N) is 3. The van der Waals surface area contributed by atoms with Crippen LogP contribution in [0.25, 0.3) is 11.6 Å². The van der Waals surface area contributed by atoms with Crippen molar-refractivity contribution >= 4 is 47.7 Å². The van der Waals surface area contributed by atoms with E-state index in [1.165, 1.54) is 24.3 Å². The maximum Gasteiger partial charge on any atom is 0.347 e. The maximum atomic E-state index is 13.4. The van der Waals surface area contributed by atoms with Crippen molar-refractivity contribution < 1.29 is 33.3 Å². The van der Waals surface area contributed by atoms with E-state index in [0.29, 0.717) is 17.1 Å². The molecule has 2 aromatic heterocycles. The van der Waals surface area contributed by atoms with Gasteiger partial charge in [0.05, 0.1) is 0 Å². The molecule has 0 spiro atoms. The van der Waals surface area contributed by atoms with Gasteiger partial charge >= 0.3 is 5.97 Å². The number of aromatic hydroxyl groups is 1. The number of carbonyl (C=O) groups is 2. The van der Waals surface area contributed by atoms with Gasteiger partial charge in [0.2, 0.25) is 5.88 Å². The summed E-state index contributed by atoms with van der Waals surface area (Å²) in [6.45, 7) is 0.907. The molecular weight excluding hydrogens is 495 g/mol. The molecule has 3 aromatic rings. The number of aliphatic imine (C=N–C) groups is 1. The number of piperidine rings is 1. The molecule has 0 radical (unpaired) electrons. The normalized spacial score (nSPS) is 17.4. The zero-order valence-corrected chi connectivity index (χ0v) is 20.6. The molecule has 0 bridgehead atoms. The third kappa shape index (κ3) is 6.06. The number of likely N-dealkylation sites (N-methyl/N-ethyl adjacent to an activating group) is 1. The first-order chi connectivity index (χ1) is 18.4. The molecular formula is C27H27FN4O6. The van der Waals surface area contributed by atoms with Crippen molar-refractivity contribution in [1.82, 2.24) is 9.88 Å². The number of hydrogen-bond acceptors (Lipinski definition) is 9. The number of aromatic nitrogens is 1. The number of likely N-dealkylation sites (tertiary alicyclic amines) is 1. The van der Waals surface area contributed by atoms with E-state index in [4.69, 9.17) is 19.1 Å². The van der Waals surface area contributed by atoms with Crippen LogP contribution >= 0.6 is 0 Å². The fraction of sp³-hybridized carbons (Fsp3) is 0.259. The topological polar surface area (TPSA) is 137 Å². The van der Waals surface area contributed by atoms with Crippen LogP contribution in [0.15, 0.2) is 52.0 Å². The number of esters is 1. The minimum atomic E-state index is -0.707. The Morgan fingerprint density at radius 3 is 2.79 bits per heavy atom. The minimum Gasteiger partial charge on any atom is -0.504 e. The summed E-state index contributed by atoms with van der Waals surface area (Å²) in [5.41, 5.74) is 1.81. The Kier molecular flexibility index (Phi) is 8.49. The Morgan fingerprint density at radius 1 is 1.29 bits per heavy atom. The van der Waals surface area contributed by atoms with E-state index in [2.05, 4.69) is 20.2 Å². The Bertz CT molecular complexity index is 1350. The Hall–Kier alpha value is -4.51. The summed E-state index contributed by atoms with van der Waals surface area (Å²) >= 11 is 0. The molecule has 1 saturated heterocycles. The van der Waals surface area contributed by atoms with Gasteiger partial charge in [-0.25, -0.2) is 19.2 Å². The number of ether oxygens (including phenoxy) is 1. The number of benzene rings is 1. The van der Waals surface area contributed by atoms with Crippen LogP contribution in [0.3, 0.4) is 0 Å². The summed E-state index contributed by atoms with van der Waals surface area (Å²) in [5.74, 6) is -0.826. The highest BCUT2D eigenvalue weighted by molar-refractivity contribution is 6.21. The number of fused-ring (bicyclic) bond motifs is 1. The van der Waals surface area contributed by atoms with Gasteiger partial charge in [0.1, 0.15) is 12.4 Å². The highest BCUT2D eigenvalue weighted by Gasteiger charge is 2.29. The summed E-state index contributed by atoms with van der Waals surface area (Å²) in [7, 11) is 2.01. The van der Waals surface area contributed by atoms with Crippen molar-refractivity contribution in [2.75, 3.05) is 25.5 Å². The van der Waals surface area contributed by atoms with E-state index < -0.39 is 11.8 Å². The van der Waals surface area contributed by atoms with Gasteiger partial charge in [0.15, 0.2) is 22.9 Å². The number of carbonyl (C=O) groups excluding carboxylic acids is 1. The molecule has 11 heteroatoms. The molecule has 4 heterocycles. The summed E-state index contributed by atoms with van der Waals surface area (Å²) in [4.78, 5) is 32.1. The van der Waals surface area contributed by atoms with Crippen molar-refractivity contribution in [3.63, 3.8) is 0 Å². The van der Waals surface area contributed by atoms with Crippen molar-refractivity contribution in [3.8, 4) is 5.75 Å². The maximum absolute atomic E-state index is 13.4. The molecule has 10 nitrogen and oxygen atoms in total. The largest absolute Gasteiger partial charge is 0.504 e. The van der Waals surface area contributed by atoms with Gasteiger partial charge in [-0.2, -0.15) is 0 Å². The van der Waals surface area contributed by atoms with Crippen LogP contribution in [-0.2, 0) is 9.53 Å². The second kappa shape index (κ2) is 12.2. The zero-order chi connectivity index (χ0) is 27.1. The monoisotopic (exact) mass is 522 g/mol. The fourth-order valence-corrected chi connectivity index (χ4v) is 4.26. The second-order valence-corrected chi connectivity index (χ2v) is 8.72. The molecule has 0 aliphatic carbocycles. The van der Waals surface area contributed by atoms with Gasteiger partial charge in [-0.05, 0) is 68.9 Å². The van der Waals surface area contributed by atoms with E-state index >= 15 is 0 Å². The smallest absolute Gasteiger partial charge is 0.347 e. The summed E-state index contributed by atoms with van der Waals surface area (Å²) in [6.07, 6.45) is 7.99. The van der Waals surface area contributed by atoms with Gasteiger partial charge in [0, 0.05) is 35.3 Å². The van der Waals surface area contributed by atoms with Crippen LogP contribution in [0.4, 0.5) is 21.8 Å². The minimum absolute atomic E-state index is 0.00398. The lowest BCUT2D eigenvalue weighted by atomic mass is 10.0. The van der Waals surface area contributed by atoms with Crippen molar-refractivity contribution in [2.45, 2.75) is 25.3 Å². The van der Waals surface area contributed by atoms with Crippen molar-refractivity contribution in [1.29, 1.82) is 0 Å². The summed E-state index contributed by atoms with van der Waals surface area (Å²) in [5, 5.41) is 20.8. The average molecular weight is 523 g/mol. The summed E-state index contributed by atoms with van der Waals surface area (Å²) in [6, 6.07) is 9.34. The second-order valence-electron chi connectivity index (χ2n) is 8.72. The Labute approximate surface area is 218 Å². The number of furan rings is 1. The lowest BCUT2D eigenvalue weighted by Crippen LogP contribution is -2.39. The molecule has 1 unspecified atom stereocenters. The quantitative estimate of drug-likeness (QED) is 0.306. The molecule has 38 heavy (non-hydrogen) atoms. The SMILES string of the molecule is CN1CCCCC1COC(=O)c1c(Nc2ccc(F)cc2)oc(C=C2C=Nc3ncccc32)c1O.O=CO. The van der Waals surface area contributed by atoms with Crippen molar-refractivity contribution in [2.24, 2.45) is 4.99 Å². The van der Waals surface area contributed by atoms with E-state index in [0.717, 1.165) is 31.4 Å². The van der Waals surface area contributed by atoms with E-state index in [-0.39, 0.29) is 42.1 Å². The first kappa shape index (κ1) is 26.6. The van der Waals surface area contributed by atoms with E-state index in [9.17, 15) is 14.3 Å². The van der Waals surface area contributed by atoms with Gasteiger partial charge < -0.3 is 29.6 Å². The van der Waals surface area contributed by atoms with Gasteiger partial charge in [0.25, 0.3) is 6.47 Å². The number of pyridine rings is 1. The lowest BCUT2D eigenvalue weighted by molar-refractivity contribution is -0.122. The van der Waals surface area contributed by atoms with Crippen molar-refractivity contribution in [3.05, 3.63) is 65.3 Å². The number of hydrogen-bond donors (Lipinski definition) is 3. The number of halogens is 1. The van der Waals surface area contributed by atoms with Gasteiger partial charge in [-0.1, -0.05) is 6.42 Å². The first-order valence-electron chi connectivity index (χ1n) is 12.0. The molecule has 2 aliphatic rings. The molecule has 1 atom stereocenters. The molecule has 0 amide bonds. The standard InChI is InChI=1S/C26H25FN4O4.CH2O2/c1-31-12-3-2-5-19(31)15-34-26(33)22-23(32)21(13-16-14-29-24-20(16)6-4-11-28-24)35-25(22)30-18-9-7-17(27)8-10-18;2-1-3/h4,6-11,13-14,19,30,32H,2-3,5,12,15H2,1H3;1H,(H,2,3). The average Bonchev–Trinajstić information content (AvgIpc) is 3.46. The molecule has 5 rings (SSSR count). The predicted molar refractivity (Wildman–Crippen MR) is 140 cm³/mol. The Balaban J connectivity index is 0.00000107. The molecule has 1 fully saturated rings. The number of nitrogens with one attached hydrogen (secondary N) is 1. The number of rotatable bonds is 6. The molecule has 2 aliphatic heterocycles. The molecule has 3 N–H and O–H groups in total. The predicted octanol–water partition coefficient (Wildman–Crippen LogP) is 4.86. The van der Waals surface area contributed by atoms with Crippen LogP contribution < -0.4 is 5.32 Å². The van der Waals surface area contributed by atoms with Crippen LogP contribution in [0, 0.1) is 5.82 Å². The lowest BCUT2D eigenvalue weighted by Gasteiger charge is -2.31. The Morgan fingerprint density at radius 2 is 2.05 bits per heavy atom. The number of carboxylic acid groups (broad SMARTS) is 1. The molecule has 1 aromatic carbocycles. The van der Waals surface area contributed by atoms with E-state index in [1.807, 2.05) is 13.1 Å². The van der Waals surface area contributed by atoms with Crippen LogP contribution in [0.1, 0.15) is 40.9 Å². The van der Waals surface area contributed by atoms with Crippen LogP contribution in [-0.4, -0.2) is 65.0 Å². The highest BCUT2D eigenvalue weighted by atomic mass is 19.1. The number of allylic oxidation sites excluding steroid dienone is 1. The summed E-state index contributed by atoms with van der Waals surface area (Å²) < 4.78 is 24.8. The van der Waals surface area contributed by atoms with E-state index in [1.54, 1.807) is 24.6 Å². The fourth-order valence-electron chi connectivity index (χ4n) is 4.26. The first-order valence-corrected chi connectivity index (χ1v) is 12.0. The number of anilines is 2. The third-order valence-electron chi connectivity index (χ3n) is 6.25. The van der Waals surface area contributed by atoms with Gasteiger partial charge in [-0.3, -0.25) is 4.79 Å². The van der Waals surface area contributed by atoms with Crippen LogP contribution in [0.5, 0.6) is 5.75 Å². The zero-order valence-electron chi connectivity index (χ0n) is 20.6. The van der Waals surface area contributed by atoms with Crippen LogP contribution in [0.2, 0.25) is 0 Å².